The van der Waals surface area contributed by atoms with Gasteiger partial charge < -0.3 is 24.3 Å². The molecule has 2 aromatic heterocycles. The van der Waals surface area contributed by atoms with Gasteiger partial charge in [0.2, 0.25) is 15.9 Å². The molecule has 2 unspecified atom stereocenters. The standard InChI is InChI=1S/C47H64N6O7S.C2H6/c1-10-40(30(5)17-22-42(54)48-7)53-44(39(26-49-53)47(56)51(11-2)27-31(6)59-8)35-23-34-24-36(60-9)19-21-37(34)45-43(32-15-13-12-14-16-32)38-20-18-33(25-41(38)52(45)28-35)46(55)50-61(57,58)29(3)4;1-2/h18-21,23-26,29-32,40H,10-17,22,27-28H2,1-9H3,(H,48,54)(H,50,55);1-2H3/t30?,31-,40?;/m1./s1. The first-order valence-electron chi connectivity index (χ1n) is 22.9. The number of fused-ring (bicyclic) bond motifs is 5. The number of ether oxygens (including phenoxy) is 2. The van der Waals surface area contributed by atoms with Crippen molar-refractivity contribution >= 4 is 50.3 Å². The molecule has 1 fully saturated rings. The second kappa shape index (κ2) is 21.6. The second-order valence-electron chi connectivity index (χ2n) is 17.0. The Morgan fingerprint density at radius 3 is 2.30 bits per heavy atom. The van der Waals surface area contributed by atoms with E-state index in [1.807, 2.05) is 56.6 Å². The van der Waals surface area contributed by atoms with E-state index in [-0.39, 0.29) is 41.4 Å². The van der Waals surface area contributed by atoms with Gasteiger partial charge in [-0.25, -0.2) is 13.1 Å². The second-order valence-corrected chi connectivity index (χ2v) is 19.2. The molecule has 3 atom stereocenters. The molecule has 13 nitrogen and oxygen atoms in total. The third-order valence-electron chi connectivity index (χ3n) is 12.8. The van der Waals surface area contributed by atoms with E-state index in [0.29, 0.717) is 55.9 Å². The highest BCUT2D eigenvalue weighted by molar-refractivity contribution is 7.90. The van der Waals surface area contributed by atoms with Crippen LogP contribution in [0.5, 0.6) is 5.75 Å². The molecule has 0 radical (unpaired) electrons. The number of nitrogens with one attached hydrogen (secondary N) is 2. The number of benzene rings is 2. The number of allylic oxidation sites excluding steroid dienone is 1. The van der Waals surface area contributed by atoms with Crippen molar-refractivity contribution in [3.05, 3.63) is 70.5 Å². The van der Waals surface area contributed by atoms with Crippen LogP contribution in [0.15, 0.2) is 42.6 Å². The zero-order chi connectivity index (χ0) is 46.2. The van der Waals surface area contributed by atoms with Crippen LogP contribution in [0, 0.1) is 5.92 Å². The van der Waals surface area contributed by atoms with E-state index in [2.05, 4.69) is 40.6 Å². The van der Waals surface area contributed by atoms with Gasteiger partial charge >= 0.3 is 0 Å². The molecule has 2 aliphatic rings. The summed E-state index contributed by atoms with van der Waals surface area (Å²) in [5, 5.41) is 7.99. The normalized spacial score (nSPS) is 15.5. The van der Waals surface area contributed by atoms with E-state index in [9.17, 15) is 22.8 Å². The summed E-state index contributed by atoms with van der Waals surface area (Å²) in [7, 11) is 1.05. The van der Waals surface area contributed by atoms with Crippen molar-refractivity contribution in [3.63, 3.8) is 0 Å². The van der Waals surface area contributed by atoms with E-state index in [1.54, 1.807) is 38.4 Å². The maximum atomic E-state index is 14.8. The minimum atomic E-state index is -3.89. The Hall–Kier alpha value is -4.95. The van der Waals surface area contributed by atoms with Crippen LogP contribution in [0.25, 0.3) is 33.8 Å². The van der Waals surface area contributed by atoms with Crippen molar-refractivity contribution in [2.24, 2.45) is 5.92 Å². The number of rotatable bonds is 17. The lowest BCUT2D eigenvalue weighted by Crippen LogP contribution is -2.37. The summed E-state index contributed by atoms with van der Waals surface area (Å²) in [4.78, 5) is 42.8. The van der Waals surface area contributed by atoms with Crippen LogP contribution in [-0.2, 0) is 26.1 Å². The molecule has 1 aliphatic carbocycles. The Kier molecular flexibility index (Phi) is 16.8. The minimum Gasteiger partial charge on any atom is -0.497 e. The zero-order valence-electron chi connectivity index (χ0n) is 39.3. The Morgan fingerprint density at radius 2 is 1.68 bits per heavy atom. The predicted octanol–water partition coefficient (Wildman–Crippen LogP) is 9.22. The third kappa shape index (κ3) is 10.5. The highest BCUT2D eigenvalue weighted by Gasteiger charge is 2.34. The van der Waals surface area contributed by atoms with Crippen LogP contribution in [0.1, 0.15) is 156 Å². The average molecular weight is 887 g/mol. The Labute approximate surface area is 375 Å². The Bertz CT molecular complexity index is 2390. The van der Waals surface area contributed by atoms with E-state index in [1.165, 1.54) is 25.8 Å². The number of nitrogens with zero attached hydrogens (tertiary/aromatic N) is 4. The van der Waals surface area contributed by atoms with E-state index in [4.69, 9.17) is 14.6 Å². The molecule has 344 valence electrons. The largest absolute Gasteiger partial charge is 0.497 e. The van der Waals surface area contributed by atoms with Gasteiger partial charge in [0.25, 0.3) is 11.8 Å². The number of carbonyl (C=O) groups excluding carboxylic acids is 3. The molecule has 14 heteroatoms. The lowest BCUT2D eigenvalue weighted by molar-refractivity contribution is -0.120. The van der Waals surface area contributed by atoms with Gasteiger partial charge in [-0.2, -0.15) is 5.10 Å². The SMILES string of the molecule is CC.CCC(C(C)CCC(=O)NC)n1ncc(C(=O)N(CC)C[C@@H](C)OC)c1C1=Cc2cc(OC)ccc2-c2c(C3CCCCC3)c3ccc(C(=O)NS(=O)(=O)C(C)C)cc3n2C1. The summed E-state index contributed by atoms with van der Waals surface area (Å²) >= 11 is 0. The van der Waals surface area contributed by atoms with Crippen LogP contribution in [-0.4, -0.2) is 91.1 Å². The van der Waals surface area contributed by atoms with Crippen molar-refractivity contribution in [2.45, 2.75) is 137 Å². The number of amides is 3. The molecule has 63 heavy (non-hydrogen) atoms. The fraction of sp³-hybridized carbons (Fsp3) is 0.551. The van der Waals surface area contributed by atoms with Crippen molar-refractivity contribution < 1.29 is 32.3 Å². The first-order valence-corrected chi connectivity index (χ1v) is 24.4. The van der Waals surface area contributed by atoms with Gasteiger partial charge in [0, 0.05) is 55.7 Å². The molecular weight excluding hydrogens is 817 g/mol. The lowest BCUT2D eigenvalue weighted by atomic mass is 9.81. The fourth-order valence-electron chi connectivity index (χ4n) is 9.13. The molecule has 3 amide bonds. The van der Waals surface area contributed by atoms with E-state index < -0.39 is 21.2 Å². The highest BCUT2D eigenvalue weighted by Crippen LogP contribution is 2.48. The lowest BCUT2D eigenvalue weighted by Gasteiger charge is -2.28. The van der Waals surface area contributed by atoms with Crippen LogP contribution in [0.4, 0.5) is 0 Å². The van der Waals surface area contributed by atoms with Crippen LogP contribution < -0.4 is 14.8 Å². The number of aromatic nitrogens is 3. The molecular formula is C49H70N6O7S. The van der Waals surface area contributed by atoms with Crippen molar-refractivity contribution in [1.29, 1.82) is 0 Å². The molecule has 3 heterocycles. The molecule has 2 N–H and O–H groups in total. The first-order chi connectivity index (χ1) is 30.2. The molecule has 0 bridgehead atoms. The Morgan fingerprint density at radius 1 is 0.968 bits per heavy atom. The number of methoxy groups -OCH3 is 2. The zero-order valence-corrected chi connectivity index (χ0v) is 40.2. The summed E-state index contributed by atoms with van der Waals surface area (Å²) in [6, 6.07) is 11.5. The van der Waals surface area contributed by atoms with Crippen molar-refractivity contribution in [1.82, 2.24) is 29.3 Å². The molecule has 6 rings (SSSR count). The predicted molar refractivity (Wildman–Crippen MR) is 253 cm³/mol. The molecule has 1 saturated carbocycles. The summed E-state index contributed by atoms with van der Waals surface area (Å²) in [6.45, 7) is 16.4. The average Bonchev–Trinajstić information content (AvgIpc) is 3.81. The molecule has 0 spiro atoms. The van der Waals surface area contributed by atoms with Crippen LogP contribution >= 0.6 is 0 Å². The van der Waals surface area contributed by atoms with Gasteiger partial charge in [0.1, 0.15) is 5.75 Å². The third-order valence-corrected chi connectivity index (χ3v) is 14.5. The maximum Gasteiger partial charge on any atom is 0.264 e. The van der Waals surface area contributed by atoms with E-state index in [0.717, 1.165) is 59.0 Å². The number of carbonyl (C=O) groups is 3. The molecule has 1 aliphatic heterocycles. The molecule has 4 aromatic rings. The number of hydrogen-bond donors (Lipinski definition) is 2. The summed E-state index contributed by atoms with van der Waals surface area (Å²) in [5.74, 6) is 0.0985. The smallest absolute Gasteiger partial charge is 0.264 e. The highest BCUT2D eigenvalue weighted by atomic mass is 32.2. The van der Waals surface area contributed by atoms with Crippen molar-refractivity contribution in [3.8, 4) is 17.0 Å². The maximum absolute atomic E-state index is 14.8. The number of sulfonamides is 1. The quantitative estimate of drug-likeness (QED) is 0.106. The van der Waals surface area contributed by atoms with Gasteiger partial charge in [-0.15, -0.1) is 0 Å². The topological polar surface area (TPSA) is 154 Å². The summed E-state index contributed by atoms with van der Waals surface area (Å²) in [6.07, 6.45) is 10.8. The minimum absolute atomic E-state index is 0.0301. The van der Waals surface area contributed by atoms with Crippen LogP contribution in [0.3, 0.4) is 0 Å². The summed E-state index contributed by atoms with van der Waals surface area (Å²) in [5.41, 5.74) is 7.18. The fourth-order valence-corrected chi connectivity index (χ4v) is 9.74. The van der Waals surface area contributed by atoms with Gasteiger partial charge in [-0.1, -0.05) is 53.0 Å². The number of likely N-dealkylation sites (N-methyl/N-ethyl adjacent to an activating group) is 1. The molecule has 0 saturated heterocycles. The van der Waals surface area contributed by atoms with E-state index >= 15 is 0 Å². The summed E-state index contributed by atoms with van der Waals surface area (Å²) < 4.78 is 43.7. The van der Waals surface area contributed by atoms with Crippen LogP contribution in [0.2, 0.25) is 0 Å². The van der Waals surface area contributed by atoms with Gasteiger partial charge in [0.05, 0.1) is 54.2 Å². The molecule has 2 aromatic carbocycles. The first kappa shape index (κ1) is 49.1. The number of hydrogen-bond acceptors (Lipinski definition) is 8. The Balaban J connectivity index is 0.00000369. The van der Waals surface area contributed by atoms with Crippen molar-refractivity contribution in [2.75, 3.05) is 34.4 Å². The van der Waals surface area contributed by atoms with Gasteiger partial charge in [-0.05, 0) is 118 Å². The van der Waals surface area contributed by atoms with Gasteiger partial charge in [-0.3, -0.25) is 19.1 Å². The van der Waals surface area contributed by atoms with Gasteiger partial charge in [0.15, 0.2) is 0 Å². The monoisotopic (exact) mass is 887 g/mol.